The minimum atomic E-state index is -0.283. The summed E-state index contributed by atoms with van der Waals surface area (Å²) in [6.07, 6.45) is 0. The summed E-state index contributed by atoms with van der Waals surface area (Å²) in [7, 11) is 0. The minimum Gasteiger partial charge on any atom is -0.287 e. The van der Waals surface area contributed by atoms with E-state index in [-0.39, 0.29) is 11.6 Å². The van der Waals surface area contributed by atoms with Gasteiger partial charge in [0, 0.05) is 16.5 Å². The highest BCUT2D eigenvalue weighted by atomic mass is 32.1. The maximum atomic E-state index is 13.4. The Balaban J connectivity index is 1.78. The van der Waals surface area contributed by atoms with E-state index in [0.717, 1.165) is 27.5 Å². The summed E-state index contributed by atoms with van der Waals surface area (Å²) in [5, 5.41) is 1.98. The molecular weight excluding hydrogens is 383 g/mol. The summed E-state index contributed by atoms with van der Waals surface area (Å²) in [4.78, 5) is 18.7. The van der Waals surface area contributed by atoms with Crippen LogP contribution in [-0.4, -0.2) is 15.2 Å². The van der Waals surface area contributed by atoms with Crippen LogP contribution in [0.2, 0.25) is 0 Å². The number of hydrogen-bond acceptors (Lipinski definition) is 3. The van der Waals surface area contributed by atoms with Gasteiger partial charge in [-0.2, -0.15) is 0 Å². The van der Waals surface area contributed by atoms with E-state index in [2.05, 4.69) is 4.98 Å². The average Bonchev–Trinajstić information content (AvgIpc) is 3.34. The lowest BCUT2D eigenvalue weighted by Gasteiger charge is -2.08. The largest absolute Gasteiger partial charge is 0.287 e. The predicted molar refractivity (Wildman–Crippen MR) is 114 cm³/mol. The topological polar surface area (TPSA) is 34.4 Å². The summed E-state index contributed by atoms with van der Waals surface area (Å²) in [6.45, 7) is 0. The van der Waals surface area contributed by atoms with Crippen LogP contribution in [0.25, 0.3) is 27.5 Å². The van der Waals surface area contributed by atoms with E-state index in [9.17, 15) is 9.18 Å². The monoisotopic (exact) mass is 398 g/mol. The fraction of sp³-hybridized carbons (Fsp3) is 0. The van der Waals surface area contributed by atoms with Crippen molar-refractivity contribution < 1.29 is 9.18 Å². The highest BCUT2D eigenvalue weighted by Gasteiger charge is 2.24. The van der Waals surface area contributed by atoms with Crippen LogP contribution in [0.1, 0.15) is 16.1 Å². The number of hydrogen-bond donors (Lipinski definition) is 0. The van der Waals surface area contributed by atoms with Crippen molar-refractivity contribution in [2.45, 2.75) is 0 Å². The number of aromatic nitrogens is 2. The van der Waals surface area contributed by atoms with Gasteiger partial charge in [0.25, 0.3) is 0 Å². The molecule has 0 spiro atoms. The van der Waals surface area contributed by atoms with Crippen molar-refractivity contribution in [3.05, 3.63) is 107 Å². The third-order valence-electron chi connectivity index (χ3n) is 4.80. The van der Waals surface area contributed by atoms with Gasteiger partial charge in [0.2, 0.25) is 5.78 Å². The summed E-state index contributed by atoms with van der Waals surface area (Å²) in [5.74, 6) is -0.403. The first-order chi connectivity index (χ1) is 14.2. The molecule has 3 aromatic carbocycles. The van der Waals surface area contributed by atoms with Crippen molar-refractivity contribution in [1.29, 1.82) is 0 Å². The molecule has 5 heteroatoms. The number of carbonyl (C=O) groups excluding carboxylic acids is 1. The number of benzene rings is 3. The summed E-state index contributed by atoms with van der Waals surface area (Å²) in [5.41, 5.74) is 4.40. The number of ketones is 1. The van der Waals surface area contributed by atoms with E-state index in [0.29, 0.717) is 11.3 Å². The zero-order valence-electron chi connectivity index (χ0n) is 15.2. The first-order valence-corrected chi connectivity index (χ1v) is 10.0. The molecule has 0 radical (unpaired) electrons. The standard InChI is InChI=1S/C24H15FN2OS/c25-19-13-11-16(12-14-19)20-15-29-24-26-21(23(28)18-9-5-2-6-10-18)22(27(20)24)17-7-3-1-4-8-17/h1-15H. The second-order valence-corrected chi connectivity index (χ2v) is 7.45. The molecule has 0 atom stereocenters. The molecule has 0 unspecified atom stereocenters. The summed E-state index contributed by atoms with van der Waals surface area (Å²) in [6, 6.07) is 25.3. The minimum absolute atomic E-state index is 0.120. The lowest BCUT2D eigenvalue weighted by atomic mass is 10.0. The van der Waals surface area contributed by atoms with Gasteiger partial charge in [-0.25, -0.2) is 9.37 Å². The SMILES string of the molecule is O=C(c1ccccc1)c1nc2scc(-c3ccc(F)cc3)n2c1-c1ccccc1. The van der Waals surface area contributed by atoms with E-state index in [1.807, 2.05) is 58.3 Å². The van der Waals surface area contributed by atoms with E-state index in [1.165, 1.54) is 23.5 Å². The van der Waals surface area contributed by atoms with Crippen LogP contribution >= 0.6 is 11.3 Å². The normalized spacial score (nSPS) is 11.1. The Morgan fingerprint density at radius 3 is 2.17 bits per heavy atom. The van der Waals surface area contributed by atoms with Crippen molar-refractivity contribution in [2.24, 2.45) is 0 Å². The van der Waals surface area contributed by atoms with Gasteiger partial charge in [-0.1, -0.05) is 60.7 Å². The van der Waals surface area contributed by atoms with Crippen LogP contribution in [0.5, 0.6) is 0 Å². The van der Waals surface area contributed by atoms with Gasteiger partial charge < -0.3 is 0 Å². The van der Waals surface area contributed by atoms with Crippen LogP contribution < -0.4 is 0 Å². The van der Waals surface area contributed by atoms with Gasteiger partial charge >= 0.3 is 0 Å². The zero-order valence-corrected chi connectivity index (χ0v) is 16.1. The molecule has 29 heavy (non-hydrogen) atoms. The van der Waals surface area contributed by atoms with Gasteiger partial charge in [0.1, 0.15) is 11.5 Å². The van der Waals surface area contributed by atoms with Crippen molar-refractivity contribution >= 4 is 22.1 Å². The van der Waals surface area contributed by atoms with Gasteiger partial charge in [0.05, 0.1) is 11.4 Å². The van der Waals surface area contributed by atoms with E-state index in [4.69, 9.17) is 0 Å². The Morgan fingerprint density at radius 1 is 0.828 bits per heavy atom. The molecule has 0 saturated heterocycles. The lowest BCUT2D eigenvalue weighted by molar-refractivity contribution is 0.103. The van der Waals surface area contributed by atoms with Gasteiger partial charge in [0.15, 0.2) is 4.96 Å². The maximum absolute atomic E-state index is 13.4. The third kappa shape index (κ3) is 3.05. The van der Waals surface area contributed by atoms with E-state index >= 15 is 0 Å². The van der Waals surface area contributed by atoms with E-state index < -0.39 is 0 Å². The van der Waals surface area contributed by atoms with E-state index in [1.54, 1.807) is 24.3 Å². The molecule has 0 saturated carbocycles. The van der Waals surface area contributed by atoms with Crippen molar-refractivity contribution in [3.63, 3.8) is 0 Å². The number of nitrogens with zero attached hydrogens (tertiary/aromatic N) is 2. The first-order valence-electron chi connectivity index (χ1n) is 9.13. The van der Waals surface area contributed by atoms with Crippen LogP contribution in [0.4, 0.5) is 4.39 Å². The van der Waals surface area contributed by atoms with Crippen molar-refractivity contribution in [1.82, 2.24) is 9.38 Å². The molecule has 0 N–H and O–H groups in total. The first kappa shape index (κ1) is 17.5. The second-order valence-electron chi connectivity index (χ2n) is 6.62. The smallest absolute Gasteiger partial charge is 0.213 e. The molecule has 2 heterocycles. The lowest BCUT2D eigenvalue weighted by Crippen LogP contribution is -2.04. The predicted octanol–water partition coefficient (Wildman–Crippen LogP) is 6.10. The van der Waals surface area contributed by atoms with Crippen LogP contribution in [0.15, 0.2) is 90.3 Å². The average molecular weight is 398 g/mol. The van der Waals surface area contributed by atoms with Gasteiger partial charge in [-0.3, -0.25) is 9.20 Å². The Labute approximate surface area is 170 Å². The number of imidazole rings is 1. The molecule has 0 aliphatic heterocycles. The Hall–Kier alpha value is -3.57. The molecule has 5 rings (SSSR count). The fourth-order valence-corrected chi connectivity index (χ4v) is 4.33. The number of carbonyl (C=O) groups is 1. The van der Waals surface area contributed by atoms with Gasteiger partial charge in [-0.05, 0) is 29.8 Å². The highest BCUT2D eigenvalue weighted by molar-refractivity contribution is 7.15. The molecule has 140 valence electrons. The Morgan fingerprint density at radius 2 is 1.48 bits per heavy atom. The molecule has 3 nitrogen and oxygen atoms in total. The van der Waals surface area contributed by atoms with Crippen LogP contribution in [-0.2, 0) is 0 Å². The molecule has 0 amide bonds. The fourth-order valence-electron chi connectivity index (χ4n) is 3.43. The van der Waals surface area contributed by atoms with Crippen molar-refractivity contribution in [2.75, 3.05) is 0 Å². The molecule has 0 aliphatic carbocycles. The van der Waals surface area contributed by atoms with Crippen LogP contribution in [0.3, 0.4) is 0 Å². The number of rotatable bonds is 4. The third-order valence-corrected chi connectivity index (χ3v) is 5.63. The zero-order chi connectivity index (χ0) is 19.8. The summed E-state index contributed by atoms with van der Waals surface area (Å²) >= 11 is 1.46. The maximum Gasteiger partial charge on any atom is 0.213 e. The molecule has 0 aliphatic rings. The quantitative estimate of drug-likeness (QED) is 0.343. The Kier molecular flexibility index (Phi) is 4.30. The molecule has 2 aromatic heterocycles. The number of halogens is 1. The van der Waals surface area contributed by atoms with Crippen LogP contribution in [0, 0.1) is 5.82 Å². The summed E-state index contributed by atoms with van der Waals surface area (Å²) < 4.78 is 15.4. The molecule has 0 bridgehead atoms. The van der Waals surface area contributed by atoms with Gasteiger partial charge in [-0.15, -0.1) is 11.3 Å². The molecule has 0 fully saturated rings. The molecule has 5 aromatic rings. The molecular formula is C24H15FN2OS. The number of thiazole rings is 1. The second kappa shape index (κ2) is 7.11. The van der Waals surface area contributed by atoms with Crippen molar-refractivity contribution in [3.8, 4) is 22.5 Å². The highest BCUT2D eigenvalue weighted by Crippen LogP contribution is 2.35. The number of fused-ring (bicyclic) bond motifs is 1. The Bertz CT molecular complexity index is 1310.